The second-order valence-corrected chi connectivity index (χ2v) is 13.5. The first-order valence-electron chi connectivity index (χ1n) is 10.5. The molecule has 0 spiro atoms. The van der Waals surface area contributed by atoms with Gasteiger partial charge in [-0.25, -0.2) is 0 Å². The van der Waals surface area contributed by atoms with E-state index in [9.17, 15) is 4.79 Å². The molecule has 0 saturated heterocycles. The summed E-state index contributed by atoms with van der Waals surface area (Å²) in [6, 6.07) is 0. The Hall–Kier alpha value is -0.340. The van der Waals surface area contributed by atoms with E-state index in [0.29, 0.717) is 66.1 Å². The monoisotopic (exact) mass is 442 g/mol. The molecule has 0 amide bonds. The number of hydrogen-bond donors (Lipinski definition) is 0. The Balaban J connectivity index is 3.97. The molecule has 0 aliphatic heterocycles. The summed E-state index contributed by atoms with van der Waals surface area (Å²) >= 11 is 0. The minimum atomic E-state index is -2.57. The number of methoxy groups -OCH3 is 2. The molecule has 0 aliphatic rings. The Morgan fingerprint density at radius 3 is 1.52 bits per heavy atom. The molecule has 0 aromatic carbocycles. The third-order valence-electron chi connectivity index (χ3n) is 5.10. The van der Waals surface area contributed by atoms with Gasteiger partial charge >= 0.3 is 158 Å². The van der Waals surface area contributed by atoms with Gasteiger partial charge in [0.25, 0.3) is 0 Å². The number of rotatable bonds is 21. The second-order valence-electron chi connectivity index (χ2n) is 7.19. The van der Waals surface area contributed by atoms with Gasteiger partial charge in [0.15, 0.2) is 0 Å². The van der Waals surface area contributed by atoms with Gasteiger partial charge in [-0.1, -0.05) is 0 Å². The van der Waals surface area contributed by atoms with Crippen molar-refractivity contribution in [1.82, 2.24) is 0 Å². The first-order chi connectivity index (χ1) is 13.9. The van der Waals surface area contributed by atoms with Crippen molar-refractivity contribution < 1.29 is 37.7 Å². The molecule has 0 aliphatic carbocycles. The summed E-state index contributed by atoms with van der Waals surface area (Å²) in [7, 11) is 3.29. The van der Waals surface area contributed by atoms with Crippen LogP contribution in [0.5, 0.6) is 0 Å². The molecular weight excluding hydrogens is 399 g/mol. The van der Waals surface area contributed by atoms with Gasteiger partial charge in [-0.3, -0.25) is 0 Å². The molecule has 0 radical (unpaired) electrons. The molecule has 0 saturated carbocycles. The van der Waals surface area contributed by atoms with Crippen molar-refractivity contribution >= 4 is 12.8 Å². The average Bonchev–Trinajstić information content (AvgIpc) is 2.72. The molecule has 0 aromatic rings. The zero-order chi connectivity index (χ0) is 21.9. The quantitative estimate of drug-likeness (QED) is 0.198. The predicted molar refractivity (Wildman–Crippen MR) is 117 cm³/mol. The van der Waals surface area contributed by atoms with Crippen LogP contribution in [0, 0.1) is 0 Å². The Bertz CT molecular complexity index is 404. The Labute approximate surface area is 176 Å². The van der Waals surface area contributed by atoms with E-state index < -0.39 is 6.83 Å². The van der Waals surface area contributed by atoms with Gasteiger partial charge in [0.1, 0.15) is 0 Å². The molecule has 0 N–H and O–H groups in total. The van der Waals surface area contributed by atoms with Crippen LogP contribution in [0.2, 0.25) is 0 Å². The van der Waals surface area contributed by atoms with E-state index in [1.54, 1.807) is 14.2 Å². The van der Waals surface area contributed by atoms with Crippen LogP contribution >= 0.6 is 6.83 Å². The molecule has 0 rings (SSSR count). The van der Waals surface area contributed by atoms with Crippen molar-refractivity contribution in [2.24, 2.45) is 0 Å². The zero-order valence-corrected chi connectivity index (χ0v) is 20.0. The maximum absolute atomic E-state index is 12.4. The maximum atomic E-state index is 12.4. The van der Waals surface area contributed by atoms with E-state index in [-0.39, 0.29) is 12.4 Å². The Kier molecular flexibility index (Phi) is 17.1. The van der Waals surface area contributed by atoms with Crippen LogP contribution < -0.4 is 0 Å². The molecule has 0 heterocycles. The van der Waals surface area contributed by atoms with Crippen LogP contribution in [0.15, 0.2) is 0 Å². The normalized spacial score (nSPS) is 13.2. The molecule has 0 unspecified atom stereocenters. The number of carbonyl (C=O) groups excluding carboxylic acids is 1. The fourth-order valence-corrected chi connectivity index (χ4v) is 5.28. The van der Waals surface area contributed by atoms with Crippen LogP contribution in [0.25, 0.3) is 0 Å². The van der Waals surface area contributed by atoms with Crippen LogP contribution in [0.3, 0.4) is 0 Å². The SMILES string of the molecule is CCP(C)(CC)(CCOCCOC)OC(=O)CCOCCOCCOCCOC. The van der Waals surface area contributed by atoms with E-state index >= 15 is 0 Å². The summed E-state index contributed by atoms with van der Waals surface area (Å²) < 4.78 is 37.7. The summed E-state index contributed by atoms with van der Waals surface area (Å²) in [5.74, 6) is -0.196. The van der Waals surface area contributed by atoms with E-state index in [4.69, 9.17) is 32.9 Å². The molecule has 29 heavy (non-hydrogen) atoms. The van der Waals surface area contributed by atoms with E-state index in [2.05, 4.69) is 20.5 Å². The summed E-state index contributed by atoms with van der Waals surface area (Å²) in [5, 5.41) is 0. The minimum absolute atomic E-state index is 0.196. The molecule has 176 valence electrons. The van der Waals surface area contributed by atoms with Crippen molar-refractivity contribution in [3.63, 3.8) is 0 Å². The van der Waals surface area contributed by atoms with Crippen molar-refractivity contribution in [3.8, 4) is 0 Å². The Morgan fingerprint density at radius 1 is 0.655 bits per heavy atom. The summed E-state index contributed by atoms with van der Waals surface area (Å²) in [6.45, 7) is 8.89. The molecule has 0 atom stereocenters. The van der Waals surface area contributed by atoms with Gasteiger partial charge in [-0.05, 0) is 0 Å². The molecule has 0 fully saturated rings. The number of carbonyl (C=O) groups is 1. The summed E-state index contributed by atoms with van der Waals surface area (Å²) in [5.41, 5.74) is 0. The van der Waals surface area contributed by atoms with Crippen LogP contribution in [0.1, 0.15) is 20.3 Å². The average molecular weight is 443 g/mol. The molecular formula is C20H43O8P. The predicted octanol–water partition coefficient (Wildman–Crippen LogP) is 2.42. The molecule has 9 heteroatoms. The second kappa shape index (κ2) is 17.4. The third kappa shape index (κ3) is 14.3. The number of hydrogen-bond acceptors (Lipinski definition) is 8. The van der Waals surface area contributed by atoms with Gasteiger partial charge in [0, 0.05) is 7.11 Å². The van der Waals surface area contributed by atoms with Crippen LogP contribution in [0.4, 0.5) is 0 Å². The Morgan fingerprint density at radius 2 is 1.07 bits per heavy atom. The third-order valence-corrected chi connectivity index (χ3v) is 10.9. The van der Waals surface area contributed by atoms with Gasteiger partial charge < -0.3 is 4.74 Å². The van der Waals surface area contributed by atoms with E-state index in [1.165, 1.54) is 0 Å². The van der Waals surface area contributed by atoms with Crippen LogP contribution in [-0.2, 0) is 37.7 Å². The standard InChI is InChI=1S/C20H43O8P/c1-6-29(5,7-2,19-18-27-13-11-23-4)28-20(21)8-9-24-14-15-26-17-16-25-12-10-22-3/h6-19H2,1-5H3. The summed E-state index contributed by atoms with van der Waals surface area (Å²) in [4.78, 5) is 12.4. The van der Waals surface area contributed by atoms with Crippen molar-refractivity contribution in [3.05, 3.63) is 0 Å². The molecule has 8 nitrogen and oxygen atoms in total. The van der Waals surface area contributed by atoms with Crippen molar-refractivity contribution in [1.29, 1.82) is 0 Å². The minimum Gasteiger partial charge on any atom is -0.382 e. The number of ether oxygens (including phenoxy) is 6. The first kappa shape index (κ1) is 28.7. The summed E-state index contributed by atoms with van der Waals surface area (Å²) in [6.07, 6.45) is 2.72. The van der Waals surface area contributed by atoms with Crippen molar-refractivity contribution in [2.45, 2.75) is 20.3 Å². The van der Waals surface area contributed by atoms with E-state index in [0.717, 1.165) is 18.5 Å². The smallest absolute Gasteiger partial charge is 0.382 e. The molecule has 0 aromatic heterocycles. The van der Waals surface area contributed by atoms with Crippen LogP contribution in [-0.4, -0.2) is 111 Å². The zero-order valence-electron chi connectivity index (χ0n) is 19.1. The van der Waals surface area contributed by atoms with Gasteiger partial charge in [0.05, 0.1) is 6.61 Å². The molecule has 0 bridgehead atoms. The first-order valence-corrected chi connectivity index (χ1v) is 13.6. The topological polar surface area (TPSA) is 81.7 Å². The van der Waals surface area contributed by atoms with Gasteiger partial charge in [0.2, 0.25) is 0 Å². The van der Waals surface area contributed by atoms with Gasteiger partial charge in [-0.15, -0.1) is 0 Å². The van der Waals surface area contributed by atoms with E-state index in [1.807, 2.05) is 0 Å². The van der Waals surface area contributed by atoms with Gasteiger partial charge in [-0.2, -0.15) is 0 Å². The fraction of sp³-hybridized carbons (Fsp3) is 0.950. The fourth-order valence-electron chi connectivity index (χ4n) is 2.48. The van der Waals surface area contributed by atoms with Crippen molar-refractivity contribution in [2.75, 3.05) is 105 Å².